The number of hydrogen-bond donors (Lipinski definition) is 2. The van der Waals surface area contributed by atoms with Crippen LogP contribution in [0.2, 0.25) is 0 Å². The number of hydrogen-bond acceptors (Lipinski definition) is 4. The van der Waals surface area contributed by atoms with E-state index in [0.29, 0.717) is 11.1 Å². The van der Waals surface area contributed by atoms with E-state index < -0.39 is 9.84 Å². The Morgan fingerprint density at radius 2 is 1.60 bits per heavy atom. The van der Waals surface area contributed by atoms with Crippen LogP contribution < -0.4 is 0 Å². The van der Waals surface area contributed by atoms with Gasteiger partial charge in [-0.25, -0.2) is 8.42 Å². The zero-order chi connectivity index (χ0) is 15.1. The quantitative estimate of drug-likeness (QED) is 0.892. The zero-order valence-electron chi connectivity index (χ0n) is 11.5. The van der Waals surface area contributed by atoms with Gasteiger partial charge in [0.05, 0.1) is 4.90 Å². The summed E-state index contributed by atoms with van der Waals surface area (Å²) in [5, 5.41) is 19.5. The first kappa shape index (κ1) is 14.4. The molecule has 0 bridgehead atoms. The van der Waals surface area contributed by atoms with E-state index in [1.165, 1.54) is 24.3 Å². The van der Waals surface area contributed by atoms with Crippen molar-refractivity contribution < 1.29 is 18.6 Å². The lowest BCUT2D eigenvalue weighted by Gasteiger charge is -2.12. The van der Waals surface area contributed by atoms with Crippen LogP contribution in [-0.2, 0) is 9.84 Å². The van der Waals surface area contributed by atoms with Crippen molar-refractivity contribution in [3.05, 3.63) is 47.0 Å². The normalized spacial score (nSPS) is 11.6. The van der Waals surface area contributed by atoms with Crippen LogP contribution in [0.4, 0.5) is 0 Å². The molecule has 0 saturated heterocycles. The molecular formula is C15H16O4S. The third-order valence-corrected chi connectivity index (χ3v) is 5.18. The van der Waals surface area contributed by atoms with E-state index in [0.717, 1.165) is 5.56 Å². The first-order valence-corrected chi connectivity index (χ1v) is 7.56. The average molecular weight is 292 g/mol. The fraction of sp³-hybridized carbons (Fsp3) is 0.200. The molecule has 0 saturated carbocycles. The molecular weight excluding hydrogens is 276 g/mol. The van der Waals surface area contributed by atoms with Crippen molar-refractivity contribution in [1.82, 2.24) is 0 Å². The standard InChI is InChI=1S/C15H16O4S/c1-9-6-12(16)8-13(7-9)20(18,19)15-11(3)10(2)4-5-14(15)17/h4-8,16-17H,1-3H3. The molecule has 0 fully saturated rings. The Labute approximate surface area is 118 Å². The minimum Gasteiger partial charge on any atom is -0.508 e. The van der Waals surface area contributed by atoms with E-state index in [9.17, 15) is 18.6 Å². The first-order chi connectivity index (χ1) is 9.23. The Bertz CT molecular complexity index is 756. The predicted molar refractivity (Wildman–Crippen MR) is 75.9 cm³/mol. The summed E-state index contributed by atoms with van der Waals surface area (Å²) < 4.78 is 25.3. The van der Waals surface area contributed by atoms with E-state index in [4.69, 9.17) is 0 Å². The van der Waals surface area contributed by atoms with Crippen LogP contribution >= 0.6 is 0 Å². The Morgan fingerprint density at radius 3 is 2.20 bits per heavy atom. The maximum Gasteiger partial charge on any atom is 0.210 e. The Morgan fingerprint density at radius 1 is 0.950 bits per heavy atom. The van der Waals surface area contributed by atoms with Crippen LogP contribution in [-0.4, -0.2) is 18.6 Å². The summed E-state index contributed by atoms with van der Waals surface area (Å²) in [6, 6.07) is 7.16. The van der Waals surface area contributed by atoms with Gasteiger partial charge in [0.15, 0.2) is 0 Å². The molecule has 2 aromatic rings. The number of aromatic hydroxyl groups is 2. The molecule has 0 radical (unpaired) electrons. The monoisotopic (exact) mass is 292 g/mol. The highest BCUT2D eigenvalue weighted by atomic mass is 32.2. The maximum absolute atomic E-state index is 12.7. The molecule has 0 unspecified atom stereocenters. The van der Waals surface area contributed by atoms with Crippen LogP contribution in [0.5, 0.6) is 11.5 Å². The zero-order valence-corrected chi connectivity index (χ0v) is 12.3. The van der Waals surface area contributed by atoms with Gasteiger partial charge in [0.2, 0.25) is 9.84 Å². The van der Waals surface area contributed by atoms with Gasteiger partial charge in [0.1, 0.15) is 16.4 Å². The van der Waals surface area contributed by atoms with Gasteiger partial charge in [-0.3, -0.25) is 0 Å². The van der Waals surface area contributed by atoms with Gasteiger partial charge in [-0.2, -0.15) is 0 Å². The molecule has 0 aromatic heterocycles. The number of phenolic OH excluding ortho intramolecular Hbond substituents is 2. The third-order valence-electron chi connectivity index (χ3n) is 3.27. The Balaban J connectivity index is 2.77. The molecule has 0 aliphatic carbocycles. The van der Waals surface area contributed by atoms with Crippen molar-refractivity contribution in [2.75, 3.05) is 0 Å². The van der Waals surface area contributed by atoms with E-state index in [-0.39, 0.29) is 21.3 Å². The molecule has 0 aliphatic heterocycles. The molecule has 2 aromatic carbocycles. The second kappa shape index (κ2) is 4.83. The Hall–Kier alpha value is -2.01. The first-order valence-electron chi connectivity index (χ1n) is 6.08. The average Bonchev–Trinajstić information content (AvgIpc) is 2.33. The van der Waals surface area contributed by atoms with E-state index in [1.807, 2.05) is 0 Å². The Kier molecular flexibility index (Phi) is 3.48. The predicted octanol–water partition coefficient (Wildman–Crippen LogP) is 2.86. The van der Waals surface area contributed by atoms with Gasteiger partial charge in [-0.15, -0.1) is 0 Å². The third kappa shape index (κ3) is 2.36. The summed E-state index contributed by atoms with van der Waals surface area (Å²) >= 11 is 0. The smallest absolute Gasteiger partial charge is 0.210 e. The largest absolute Gasteiger partial charge is 0.508 e. The van der Waals surface area contributed by atoms with Crippen LogP contribution in [0.15, 0.2) is 40.1 Å². The van der Waals surface area contributed by atoms with Gasteiger partial charge in [0, 0.05) is 0 Å². The summed E-state index contributed by atoms with van der Waals surface area (Å²) in [5.41, 5.74) is 1.91. The van der Waals surface area contributed by atoms with Gasteiger partial charge in [0.25, 0.3) is 0 Å². The van der Waals surface area contributed by atoms with E-state index in [2.05, 4.69) is 0 Å². The second-order valence-electron chi connectivity index (χ2n) is 4.86. The molecule has 0 spiro atoms. The molecule has 0 heterocycles. The number of phenols is 2. The van der Waals surface area contributed by atoms with Crippen LogP contribution in [0, 0.1) is 20.8 Å². The number of sulfone groups is 1. The number of aryl methyl sites for hydroxylation is 2. The number of benzene rings is 2. The summed E-state index contributed by atoms with van der Waals surface area (Å²) in [5.74, 6) is -0.400. The molecule has 20 heavy (non-hydrogen) atoms. The van der Waals surface area contributed by atoms with E-state index in [1.54, 1.807) is 26.8 Å². The second-order valence-corrected chi connectivity index (χ2v) is 6.75. The highest BCUT2D eigenvalue weighted by Gasteiger charge is 2.25. The van der Waals surface area contributed by atoms with Crippen molar-refractivity contribution in [1.29, 1.82) is 0 Å². The molecule has 0 amide bonds. The number of rotatable bonds is 2. The summed E-state index contributed by atoms with van der Waals surface area (Å²) in [7, 11) is -3.88. The van der Waals surface area contributed by atoms with Gasteiger partial charge >= 0.3 is 0 Å². The lowest BCUT2D eigenvalue weighted by Crippen LogP contribution is -2.06. The van der Waals surface area contributed by atoms with Crippen molar-refractivity contribution >= 4 is 9.84 Å². The van der Waals surface area contributed by atoms with Gasteiger partial charge in [-0.05, 0) is 61.7 Å². The molecule has 106 valence electrons. The minimum atomic E-state index is -3.88. The van der Waals surface area contributed by atoms with Crippen molar-refractivity contribution in [2.45, 2.75) is 30.6 Å². The molecule has 0 aliphatic rings. The fourth-order valence-electron chi connectivity index (χ4n) is 2.12. The van der Waals surface area contributed by atoms with Crippen molar-refractivity contribution in [3.8, 4) is 11.5 Å². The summed E-state index contributed by atoms with van der Waals surface area (Å²) in [6.45, 7) is 5.13. The highest BCUT2D eigenvalue weighted by molar-refractivity contribution is 7.91. The maximum atomic E-state index is 12.7. The van der Waals surface area contributed by atoms with E-state index >= 15 is 0 Å². The lowest BCUT2D eigenvalue weighted by molar-refractivity contribution is 0.456. The van der Waals surface area contributed by atoms with Gasteiger partial charge in [-0.1, -0.05) is 6.07 Å². The highest BCUT2D eigenvalue weighted by Crippen LogP contribution is 2.34. The fourth-order valence-corrected chi connectivity index (χ4v) is 3.88. The van der Waals surface area contributed by atoms with Crippen LogP contribution in [0.3, 0.4) is 0 Å². The summed E-state index contributed by atoms with van der Waals surface area (Å²) in [4.78, 5) is -0.137. The lowest BCUT2D eigenvalue weighted by atomic mass is 10.1. The van der Waals surface area contributed by atoms with Crippen LogP contribution in [0.1, 0.15) is 16.7 Å². The topological polar surface area (TPSA) is 74.6 Å². The molecule has 2 N–H and O–H groups in total. The molecule has 0 atom stereocenters. The van der Waals surface area contributed by atoms with Crippen molar-refractivity contribution in [3.63, 3.8) is 0 Å². The molecule has 5 heteroatoms. The minimum absolute atomic E-state index is 0.0287. The van der Waals surface area contributed by atoms with Crippen LogP contribution in [0.25, 0.3) is 0 Å². The van der Waals surface area contributed by atoms with Gasteiger partial charge < -0.3 is 10.2 Å². The molecule has 2 rings (SSSR count). The SMILES string of the molecule is Cc1cc(O)cc(S(=O)(=O)c2c(O)ccc(C)c2C)c1. The van der Waals surface area contributed by atoms with Crippen molar-refractivity contribution in [2.24, 2.45) is 0 Å². The summed E-state index contributed by atoms with van der Waals surface area (Å²) in [6.07, 6.45) is 0. The molecule has 4 nitrogen and oxygen atoms in total.